The van der Waals surface area contributed by atoms with Crippen LogP contribution in [0.3, 0.4) is 0 Å². The molecule has 0 aliphatic heterocycles. The van der Waals surface area contributed by atoms with Gasteiger partial charge in [-0.2, -0.15) is 0 Å². The quantitative estimate of drug-likeness (QED) is 0.463. The molecule has 4 N–H and O–H groups in total. The minimum absolute atomic E-state index is 0.0107. The molecule has 9 nitrogen and oxygen atoms in total. The van der Waals surface area contributed by atoms with E-state index in [4.69, 9.17) is 15.2 Å². The van der Waals surface area contributed by atoms with E-state index in [1.807, 2.05) is 30.3 Å². The van der Waals surface area contributed by atoms with E-state index in [9.17, 15) is 19.2 Å². The standard InChI is InChI=1S/C21H31N3O6/c1-5-29-20(27)14(4)11-16(18(22)25)23-19(26)17(13(2)3)24-21(28)30-12-15-9-7-6-8-10-15/h6-10,13-14,16-17H,5,11-12H2,1-4H3,(H2,22,25)(H,23,26)(H,24,28)/t14-,16-,17+/m0/s1. The van der Waals surface area contributed by atoms with Gasteiger partial charge in [-0.05, 0) is 24.8 Å². The van der Waals surface area contributed by atoms with E-state index < -0.39 is 41.9 Å². The number of nitrogens with two attached hydrogens (primary N) is 1. The number of nitrogens with one attached hydrogen (secondary N) is 2. The fraction of sp³-hybridized carbons (Fsp3) is 0.524. The second-order valence-electron chi connectivity index (χ2n) is 7.28. The summed E-state index contributed by atoms with van der Waals surface area (Å²) in [7, 11) is 0. The van der Waals surface area contributed by atoms with Gasteiger partial charge in [0.25, 0.3) is 0 Å². The minimum atomic E-state index is -1.08. The van der Waals surface area contributed by atoms with Gasteiger partial charge in [-0.15, -0.1) is 0 Å². The number of hydrogen-bond donors (Lipinski definition) is 3. The topological polar surface area (TPSA) is 137 Å². The predicted molar refractivity (Wildman–Crippen MR) is 110 cm³/mol. The van der Waals surface area contributed by atoms with E-state index in [1.54, 1.807) is 27.7 Å². The van der Waals surface area contributed by atoms with Crippen LogP contribution >= 0.6 is 0 Å². The lowest BCUT2D eigenvalue weighted by Crippen LogP contribution is -2.55. The number of benzene rings is 1. The number of carbonyl (C=O) groups is 4. The Balaban J connectivity index is 2.70. The second-order valence-corrected chi connectivity index (χ2v) is 7.28. The summed E-state index contributed by atoms with van der Waals surface area (Å²) in [5, 5.41) is 5.02. The maximum Gasteiger partial charge on any atom is 0.408 e. The maximum absolute atomic E-state index is 12.7. The highest BCUT2D eigenvalue weighted by molar-refractivity contribution is 5.91. The molecule has 0 aliphatic rings. The molecule has 0 saturated carbocycles. The minimum Gasteiger partial charge on any atom is -0.466 e. The second kappa shape index (κ2) is 12.5. The van der Waals surface area contributed by atoms with Crippen LogP contribution in [0.25, 0.3) is 0 Å². The van der Waals surface area contributed by atoms with Crippen LogP contribution < -0.4 is 16.4 Å². The molecule has 9 heteroatoms. The van der Waals surface area contributed by atoms with Gasteiger partial charge in [0.15, 0.2) is 0 Å². The van der Waals surface area contributed by atoms with Crippen LogP contribution in [-0.2, 0) is 30.5 Å². The van der Waals surface area contributed by atoms with Crippen molar-refractivity contribution in [2.45, 2.75) is 52.8 Å². The first-order chi connectivity index (χ1) is 14.1. The lowest BCUT2D eigenvalue weighted by atomic mass is 9.99. The molecule has 0 spiro atoms. The lowest BCUT2D eigenvalue weighted by Gasteiger charge is -2.25. The highest BCUT2D eigenvalue weighted by Crippen LogP contribution is 2.10. The van der Waals surface area contributed by atoms with Crippen molar-refractivity contribution in [3.8, 4) is 0 Å². The van der Waals surface area contributed by atoms with Gasteiger partial charge in [0.1, 0.15) is 18.7 Å². The molecule has 0 radical (unpaired) electrons. The van der Waals surface area contributed by atoms with Gasteiger partial charge in [-0.3, -0.25) is 14.4 Å². The molecule has 166 valence electrons. The molecule has 3 atom stereocenters. The van der Waals surface area contributed by atoms with E-state index in [2.05, 4.69) is 10.6 Å². The lowest BCUT2D eigenvalue weighted by molar-refractivity contribution is -0.148. The zero-order chi connectivity index (χ0) is 22.7. The summed E-state index contributed by atoms with van der Waals surface area (Å²) >= 11 is 0. The molecule has 3 amide bonds. The van der Waals surface area contributed by atoms with Gasteiger partial charge in [0.2, 0.25) is 11.8 Å². The summed E-state index contributed by atoms with van der Waals surface area (Å²) in [5.74, 6) is -2.79. The number of rotatable bonds is 11. The van der Waals surface area contributed by atoms with Crippen molar-refractivity contribution >= 4 is 23.9 Å². The van der Waals surface area contributed by atoms with Gasteiger partial charge in [0.05, 0.1) is 12.5 Å². The number of carbonyl (C=O) groups excluding carboxylic acids is 4. The third-order valence-corrected chi connectivity index (χ3v) is 4.37. The highest BCUT2D eigenvalue weighted by Gasteiger charge is 2.30. The molecule has 0 heterocycles. The molecule has 30 heavy (non-hydrogen) atoms. The van der Waals surface area contributed by atoms with Crippen LogP contribution in [0.4, 0.5) is 4.79 Å². The molecule has 1 rings (SSSR count). The van der Waals surface area contributed by atoms with Crippen LogP contribution in [0.1, 0.15) is 39.7 Å². The van der Waals surface area contributed by atoms with E-state index in [-0.39, 0.29) is 25.6 Å². The Kier molecular flexibility index (Phi) is 10.4. The van der Waals surface area contributed by atoms with E-state index in [1.165, 1.54) is 0 Å². The van der Waals surface area contributed by atoms with Crippen molar-refractivity contribution in [2.24, 2.45) is 17.6 Å². The predicted octanol–water partition coefficient (Wildman–Crippen LogP) is 1.50. The van der Waals surface area contributed by atoms with Crippen molar-refractivity contribution in [1.82, 2.24) is 10.6 Å². The number of alkyl carbamates (subject to hydrolysis) is 1. The van der Waals surface area contributed by atoms with Crippen LogP contribution in [0.15, 0.2) is 30.3 Å². The van der Waals surface area contributed by atoms with Crippen molar-refractivity contribution in [3.05, 3.63) is 35.9 Å². The Labute approximate surface area is 176 Å². The average Bonchev–Trinajstić information content (AvgIpc) is 2.70. The van der Waals surface area contributed by atoms with E-state index in [0.29, 0.717) is 0 Å². The molecule has 1 aromatic rings. The first-order valence-electron chi connectivity index (χ1n) is 9.89. The molecular weight excluding hydrogens is 390 g/mol. The Hall–Kier alpha value is -3.10. The number of primary amides is 1. The molecule has 0 unspecified atom stereocenters. The number of hydrogen-bond acceptors (Lipinski definition) is 6. The van der Waals surface area contributed by atoms with Crippen molar-refractivity contribution in [2.75, 3.05) is 6.61 Å². The first kappa shape index (κ1) is 24.9. The number of amides is 3. The molecule has 0 aliphatic carbocycles. The molecule has 1 aromatic carbocycles. The summed E-state index contributed by atoms with van der Waals surface area (Å²) < 4.78 is 10.1. The Morgan fingerprint density at radius 2 is 1.63 bits per heavy atom. The summed E-state index contributed by atoms with van der Waals surface area (Å²) in [6.45, 7) is 7.00. The van der Waals surface area contributed by atoms with Gasteiger partial charge >= 0.3 is 12.1 Å². The molecule has 0 fully saturated rings. The smallest absolute Gasteiger partial charge is 0.408 e. The van der Waals surface area contributed by atoms with E-state index >= 15 is 0 Å². The van der Waals surface area contributed by atoms with E-state index in [0.717, 1.165) is 5.56 Å². The zero-order valence-corrected chi connectivity index (χ0v) is 17.8. The van der Waals surface area contributed by atoms with Crippen LogP contribution in [-0.4, -0.2) is 42.6 Å². The molecular formula is C21H31N3O6. The van der Waals surface area contributed by atoms with Crippen LogP contribution in [0.2, 0.25) is 0 Å². The molecule has 0 aromatic heterocycles. The Bertz CT molecular complexity index is 723. The molecule has 0 saturated heterocycles. The number of esters is 1. The maximum atomic E-state index is 12.7. The van der Waals surface area contributed by atoms with Gasteiger partial charge in [-0.1, -0.05) is 51.1 Å². The van der Waals surface area contributed by atoms with Gasteiger partial charge in [-0.25, -0.2) is 4.79 Å². The van der Waals surface area contributed by atoms with Gasteiger partial charge in [0, 0.05) is 0 Å². The summed E-state index contributed by atoms with van der Waals surface area (Å²) in [4.78, 5) is 48.4. The zero-order valence-electron chi connectivity index (χ0n) is 17.8. The first-order valence-corrected chi connectivity index (χ1v) is 9.89. The fourth-order valence-electron chi connectivity index (χ4n) is 2.67. The van der Waals surface area contributed by atoms with Crippen LogP contribution in [0.5, 0.6) is 0 Å². The SMILES string of the molecule is CCOC(=O)[C@@H](C)C[C@H](NC(=O)[C@H](NC(=O)OCc1ccccc1)C(C)C)C(N)=O. The summed E-state index contributed by atoms with van der Waals surface area (Å²) in [6, 6.07) is 7.07. The Morgan fingerprint density at radius 1 is 1.00 bits per heavy atom. The van der Waals surface area contributed by atoms with Crippen LogP contribution in [0, 0.1) is 11.8 Å². The third-order valence-electron chi connectivity index (χ3n) is 4.37. The Morgan fingerprint density at radius 3 is 2.17 bits per heavy atom. The largest absolute Gasteiger partial charge is 0.466 e. The normalized spacial score (nSPS) is 13.6. The summed E-state index contributed by atoms with van der Waals surface area (Å²) in [5.41, 5.74) is 6.18. The molecule has 0 bridgehead atoms. The average molecular weight is 421 g/mol. The summed E-state index contributed by atoms with van der Waals surface area (Å²) in [6.07, 6.45) is -0.772. The van der Waals surface area contributed by atoms with Crippen molar-refractivity contribution in [3.63, 3.8) is 0 Å². The third kappa shape index (κ3) is 8.50. The monoisotopic (exact) mass is 421 g/mol. The van der Waals surface area contributed by atoms with Gasteiger partial charge < -0.3 is 25.8 Å². The van der Waals surface area contributed by atoms with Crippen molar-refractivity contribution < 1.29 is 28.7 Å². The fourth-order valence-corrected chi connectivity index (χ4v) is 2.67. The highest BCUT2D eigenvalue weighted by atomic mass is 16.5. The number of ether oxygens (including phenoxy) is 2. The van der Waals surface area contributed by atoms with Crippen molar-refractivity contribution in [1.29, 1.82) is 0 Å².